The molecular formula is C18H23NS2. The minimum atomic E-state index is 0.425. The van der Waals surface area contributed by atoms with E-state index in [9.17, 15) is 0 Å². The smallest absolute Gasteiger partial charge is 0.0292 e. The lowest BCUT2D eigenvalue weighted by Gasteiger charge is -2.13. The van der Waals surface area contributed by atoms with Gasteiger partial charge in [-0.05, 0) is 43.3 Å². The summed E-state index contributed by atoms with van der Waals surface area (Å²) in [5.74, 6) is 2.28. The normalized spacial score (nSPS) is 12.3. The highest BCUT2D eigenvalue weighted by atomic mass is 32.2. The maximum absolute atomic E-state index is 3.46. The van der Waals surface area contributed by atoms with Crippen LogP contribution in [0, 0.1) is 0 Å². The second-order valence-corrected chi connectivity index (χ2v) is 7.20. The van der Waals surface area contributed by atoms with Crippen LogP contribution in [0.1, 0.15) is 25.5 Å². The molecule has 0 heterocycles. The van der Waals surface area contributed by atoms with Gasteiger partial charge in [-0.1, -0.05) is 37.3 Å². The van der Waals surface area contributed by atoms with E-state index in [1.54, 1.807) is 0 Å². The monoisotopic (exact) mass is 317 g/mol. The van der Waals surface area contributed by atoms with E-state index in [4.69, 9.17) is 0 Å². The summed E-state index contributed by atoms with van der Waals surface area (Å²) >= 11 is 3.87. The van der Waals surface area contributed by atoms with Crippen LogP contribution in [-0.4, -0.2) is 18.1 Å². The van der Waals surface area contributed by atoms with E-state index in [1.165, 1.54) is 15.4 Å². The third-order valence-corrected chi connectivity index (χ3v) is 5.50. The molecule has 1 nitrogen and oxygen atoms in total. The van der Waals surface area contributed by atoms with E-state index < -0.39 is 0 Å². The Morgan fingerprint density at radius 2 is 1.57 bits per heavy atom. The van der Waals surface area contributed by atoms with Crippen LogP contribution in [0.2, 0.25) is 0 Å². The molecule has 2 aromatic rings. The van der Waals surface area contributed by atoms with Gasteiger partial charge < -0.3 is 5.32 Å². The van der Waals surface area contributed by atoms with Crippen molar-refractivity contribution in [2.75, 3.05) is 18.1 Å². The first kappa shape index (κ1) is 16.5. The first-order valence-corrected chi connectivity index (χ1v) is 9.40. The second-order valence-electron chi connectivity index (χ2n) is 4.86. The highest BCUT2D eigenvalue weighted by molar-refractivity contribution is 8.03. The van der Waals surface area contributed by atoms with Crippen molar-refractivity contribution in [1.82, 2.24) is 5.32 Å². The van der Waals surface area contributed by atoms with Crippen LogP contribution in [0.5, 0.6) is 0 Å². The maximum Gasteiger partial charge on any atom is 0.0292 e. The Balaban J connectivity index is 1.79. The van der Waals surface area contributed by atoms with Crippen LogP contribution in [0.15, 0.2) is 64.4 Å². The largest absolute Gasteiger partial charge is 0.310 e. The molecule has 112 valence electrons. The quantitative estimate of drug-likeness (QED) is 0.528. The molecule has 0 fully saturated rings. The highest BCUT2D eigenvalue weighted by Gasteiger charge is 2.04. The molecule has 0 aliphatic rings. The zero-order valence-electron chi connectivity index (χ0n) is 12.7. The van der Waals surface area contributed by atoms with Gasteiger partial charge in [0.2, 0.25) is 0 Å². The Labute approximate surface area is 136 Å². The fraction of sp³-hybridized carbons (Fsp3) is 0.333. The van der Waals surface area contributed by atoms with E-state index in [2.05, 4.69) is 73.8 Å². The van der Waals surface area contributed by atoms with Crippen LogP contribution in [-0.2, 0) is 0 Å². The van der Waals surface area contributed by atoms with E-state index in [0.717, 1.165) is 18.1 Å². The molecule has 0 bridgehead atoms. The molecule has 0 spiro atoms. The standard InChI is InChI=1S/C18H23NS2/c1-3-19-15(2)16-8-7-11-18(14-16)21-13-12-20-17-9-5-4-6-10-17/h4-11,14-15,19H,3,12-13H2,1-2H3. The van der Waals surface area contributed by atoms with Crippen molar-refractivity contribution in [1.29, 1.82) is 0 Å². The highest BCUT2D eigenvalue weighted by Crippen LogP contribution is 2.25. The molecule has 0 aliphatic carbocycles. The van der Waals surface area contributed by atoms with Crippen LogP contribution >= 0.6 is 23.5 Å². The Bertz CT molecular complexity index is 528. The summed E-state index contributed by atoms with van der Waals surface area (Å²) in [6.07, 6.45) is 0. The Hall–Kier alpha value is -0.900. The van der Waals surface area contributed by atoms with Crippen molar-refractivity contribution in [3.8, 4) is 0 Å². The molecular weight excluding hydrogens is 294 g/mol. The Kier molecular flexibility index (Phi) is 7.20. The Morgan fingerprint density at radius 1 is 0.905 bits per heavy atom. The molecule has 0 aromatic heterocycles. The summed E-state index contributed by atoms with van der Waals surface area (Å²) in [6, 6.07) is 19.9. The molecule has 21 heavy (non-hydrogen) atoms. The van der Waals surface area contributed by atoms with Crippen LogP contribution < -0.4 is 5.32 Å². The van der Waals surface area contributed by atoms with Crippen LogP contribution in [0.3, 0.4) is 0 Å². The zero-order chi connectivity index (χ0) is 14.9. The van der Waals surface area contributed by atoms with E-state index in [0.29, 0.717) is 6.04 Å². The lowest BCUT2D eigenvalue weighted by Crippen LogP contribution is -2.17. The fourth-order valence-corrected chi connectivity index (χ4v) is 4.02. The first-order chi connectivity index (χ1) is 10.3. The van der Waals surface area contributed by atoms with Gasteiger partial charge in [0.1, 0.15) is 0 Å². The average molecular weight is 318 g/mol. The van der Waals surface area contributed by atoms with Gasteiger partial charge in [0.05, 0.1) is 0 Å². The molecule has 0 radical (unpaired) electrons. The van der Waals surface area contributed by atoms with Gasteiger partial charge in [0.25, 0.3) is 0 Å². The van der Waals surface area contributed by atoms with Gasteiger partial charge >= 0.3 is 0 Å². The summed E-state index contributed by atoms with van der Waals surface area (Å²) in [6.45, 7) is 5.38. The predicted octanol–water partition coefficient (Wildman–Crippen LogP) is 5.24. The third kappa shape index (κ3) is 5.77. The lowest BCUT2D eigenvalue weighted by atomic mass is 10.1. The molecule has 0 saturated heterocycles. The Morgan fingerprint density at radius 3 is 2.29 bits per heavy atom. The number of rotatable bonds is 8. The van der Waals surface area contributed by atoms with Gasteiger partial charge in [-0.25, -0.2) is 0 Å². The molecule has 0 amide bonds. The molecule has 2 rings (SSSR count). The number of benzene rings is 2. The lowest BCUT2D eigenvalue weighted by molar-refractivity contribution is 0.597. The SMILES string of the molecule is CCNC(C)c1cccc(SCCSc2ccccc2)c1. The molecule has 0 aliphatic heterocycles. The third-order valence-electron chi connectivity index (χ3n) is 3.23. The zero-order valence-corrected chi connectivity index (χ0v) is 14.3. The molecule has 3 heteroatoms. The van der Waals surface area contributed by atoms with E-state index >= 15 is 0 Å². The molecule has 1 unspecified atom stereocenters. The van der Waals surface area contributed by atoms with Crippen molar-refractivity contribution >= 4 is 23.5 Å². The average Bonchev–Trinajstić information content (AvgIpc) is 2.53. The summed E-state index contributed by atoms with van der Waals surface area (Å²) in [7, 11) is 0. The number of thioether (sulfide) groups is 2. The minimum Gasteiger partial charge on any atom is -0.310 e. The van der Waals surface area contributed by atoms with Gasteiger partial charge in [0.15, 0.2) is 0 Å². The molecule has 2 aromatic carbocycles. The van der Waals surface area contributed by atoms with Crippen molar-refractivity contribution in [2.45, 2.75) is 29.7 Å². The number of hydrogen-bond acceptors (Lipinski definition) is 3. The van der Waals surface area contributed by atoms with Gasteiger partial charge in [0, 0.05) is 27.3 Å². The van der Waals surface area contributed by atoms with Gasteiger partial charge in [-0.2, -0.15) is 0 Å². The number of nitrogens with one attached hydrogen (secondary N) is 1. The maximum atomic E-state index is 3.46. The van der Waals surface area contributed by atoms with Crippen molar-refractivity contribution < 1.29 is 0 Å². The molecule has 1 N–H and O–H groups in total. The summed E-state index contributed by atoms with van der Waals surface area (Å²) < 4.78 is 0. The second kappa shape index (κ2) is 9.19. The molecule has 1 atom stereocenters. The van der Waals surface area contributed by atoms with Crippen LogP contribution in [0.4, 0.5) is 0 Å². The topological polar surface area (TPSA) is 12.0 Å². The fourth-order valence-electron chi connectivity index (χ4n) is 2.13. The van der Waals surface area contributed by atoms with Crippen molar-refractivity contribution in [3.63, 3.8) is 0 Å². The van der Waals surface area contributed by atoms with Crippen LogP contribution in [0.25, 0.3) is 0 Å². The molecule has 0 saturated carbocycles. The van der Waals surface area contributed by atoms with E-state index in [1.807, 2.05) is 23.5 Å². The summed E-state index contributed by atoms with van der Waals surface area (Å²) in [4.78, 5) is 2.72. The summed E-state index contributed by atoms with van der Waals surface area (Å²) in [5, 5.41) is 3.46. The van der Waals surface area contributed by atoms with Crippen molar-refractivity contribution in [3.05, 3.63) is 60.2 Å². The first-order valence-electron chi connectivity index (χ1n) is 7.43. The minimum absolute atomic E-state index is 0.425. The van der Waals surface area contributed by atoms with E-state index in [-0.39, 0.29) is 0 Å². The summed E-state index contributed by atoms with van der Waals surface area (Å²) in [5.41, 5.74) is 1.37. The van der Waals surface area contributed by atoms with Gasteiger partial charge in [-0.15, -0.1) is 23.5 Å². The van der Waals surface area contributed by atoms with Gasteiger partial charge in [-0.3, -0.25) is 0 Å². The number of hydrogen-bond donors (Lipinski definition) is 1. The predicted molar refractivity (Wildman–Crippen MR) is 96.4 cm³/mol. The van der Waals surface area contributed by atoms with Crippen molar-refractivity contribution in [2.24, 2.45) is 0 Å².